The molecular weight excluding hydrogens is 190 g/mol. The minimum Gasteiger partial charge on any atom is -0.339 e. The molecule has 0 atom stereocenters. The largest absolute Gasteiger partial charge is 0.339 e. The van der Waals surface area contributed by atoms with Crippen molar-refractivity contribution in [3.8, 4) is 11.4 Å². The first kappa shape index (κ1) is 8.67. The van der Waals surface area contributed by atoms with Crippen molar-refractivity contribution in [2.24, 2.45) is 12.8 Å². The Morgan fingerprint density at radius 3 is 2.93 bits per heavy atom. The summed E-state index contributed by atoms with van der Waals surface area (Å²) < 4.78 is 1.81. The number of nitrogens with one attached hydrogen (secondary N) is 1. The van der Waals surface area contributed by atoms with Crippen molar-refractivity contribution in [2.75, 3.05) is 0 Å². The van der Waals surface area contributed by atoms with Gasteiger partial charge in [0, 0.05) is 13.2 Å². The lowest BCUT2D eigenvalue weighted by Crippen LogP contribution is -2.20. The Bertz CT molecular complexity index is 491. The van der Waals surface area contributed by atoms with Crippen molar-refractivity contribution in [1.29, 1.82) is 0 Å². The van der Waals surface area contributed by atoms with Gasteiger partial charge in [0.1, 0.15) is 5.82 Å². The Kier molecular flexibility index (Phi) is 1.56. The van der Waals surface area contributed by atoms with Gasteiger partial charge < -0.3 is 10.7 Å². The van der Waals surface area contributed by atoms with Gasteiger partial charge in [-0.15, -0.1) is 0 Å². The number of imidazole rings is 1. The van der Waals surface area contributed by atoms with Crippen molar-refractivity contribution >= 4 is 0 Å². The van der Waals surface area contributed by atoms with Crippen LogP contribution in [0, 0.1) is 0 Å². The molecule has 1 saturated carbocycles. The third-order valence-electron chi connectivity index (χ3n) is 2.93. The Morgan fingerprint density at radius 2 is 2.33 bits per heavy atom. The normalized spacial score (nSPS) is 18.0. The molecule has 0 amide bonds. The van der Waals surface area contributed by atoms with E-state index in [-0.39, 0.29) is 5.54 Å². The van der Waals surface area contributed by atoms with E-state index in [0.29, 0.717) is 0 Å². The summed E-state index contributed by atoms with van der Waals surface area (Å²) >= 11 is 0. The fraction of sp³-hybridized carbons (Fsp3) is 0.400. The Hall–Kier alpha value is -1.62. The van der Waals surface area contributed by atoms with E-state index in [1.165, 1.54) is 0 Å². The molecule has 0 saturated heterocycles. The molecule has 0 unspecified atom stereocenters. The molecule has 78 valence electrons. The van der Waals surface area contributed by atoms with E-state index in [2.05, 4.69) is 15.1 Å². The lowest BCUT2D eigenvalue weighted by molar-refractivity contribution is 0.684. The minimum atomic E-state index is -0.198. The van der Waals surface area contributed by atoms with Crippen LogP contribution in [0.3, 0.4) is 0 Å². The number of aromatic amines is 1. The van der Waals surface area contributed by atoms with E-state index < -0.39 is 0 Å². The summed E-state index contributed by atoms with van der Waals surface area (Å²) in [6.07, 6.45) is 5.63. The monoisotopic (exact) mass is 203 g/mol. The molecule has 0 spiro atoms. The third kappa shape index (κ3) is 1.27. The fourth-order valence-electron chi connectivity index (χ4n) is 1.71. The van der Waals surface area contributed by atoms with Crippen molar-refractivity contribution in [2.45, 2.75) is 18.4 Å². The second-order valence-corrected chi connectivity index (χ2v) is 4.14. The van der Waals surface area contributed by atoms with Crippen LogP contribution in [0.15, 0.2) is 18.5 Å². The standard InChI is InChI=1S/C10H13N5/c1-15-8(2-5-13-15)7-6-12-9(14-7)10(11)3-4-10/h2,5-6H,3-4,11H2,1H3,(H,12,14). The number of hydrogen-bond acceptors (Lipinski definition) is 3. The quantitative estimate of drug-likeness (QED) is 0.756. The molecule has 1 aliphatic carbocycles. The SMILES string of the molecule is Cn1nccc1-c1cnc(C2(N)CC2)[nH]1. The summed E-state index contributed by atoms with van der Waals surface area (Å²) in [4.78, 5) is 7.59. The van der Waals surface area contributed by atoms with E-state index in [0.717, 1.165) is 30.1 Å². The van der Waals surface area contributed by atoms with Gasteiger partial charge >= 0.3 is 0 Å². The van der Waals surface area contributed by atoms with Gasteiger partial charge in [-0.1, -0.05) is 0 Å². The average Bonchev–Trinajstić information content (AvgIpc) is 2.70. The lowest BCUT2D eigenvalue weighted by atomic mass is 10.3. The van der Waals surface area contributed by atoms with Crippen LogP contribution in [0.2, 0.25) is 0 Å². The highest BCUT2D eigenvalue weighted by atomic mass is 15.3. The Labute approximate surface area is 87.3 Å². The van der Waals surface area contributed by atoms with Crippen LogP contribution in [0.5, 0.6) is 0 Å². The van der Waals surface area contributed by atoms with Gasteiger partial charge in [-0.25, -0.2) is 4.98 Å². The second kappa shape index (κ2) is 2.70. The van der Waals surface area contributed by atoms with Crippen molar-refractivity contribution < 1.29 is 0 Å². The summed E-state index contributed by atoms with van der Waals surface area (Å²) in [5.74, 6) is 0.888. The zero-order valence-corrected chi connectivity index (χ0v) is 8.57. The zero-order chi connectivity index (χ0) is 10.5. The van der Waals surface area contributed by atoms with Crippen LogP contribution in [0.1, 0.15) is 18.7 Å². The molecule has 3 rings (SSSR count). The van der Waals surface area contributed by atoms with Crippen molar-refractivity contribution in [3.05, 3.63) is 24.3 Å². The maximum atomic E-state index is 6.06. The maximum absolute atomic E-state index is 6.06. The summed E-state index contributed by atoms with van der Waals surface area (Å²) in [6.45, 7) is 0. The van der Waals surface area contributed by atoms with Gasteiger partial charge in [-0.3, -0.25) is 4.68 Å². The Morgan fingerprint density at radius 1 is 1.53 bits per heavy atom. The first-order valence-electron chi connectivity index (χ1n) is 5.02. The zero-order valence-electron chi connectivity index (χ0n) is 8.57. The molecule has 0 aliphatic heterocycles. The first-order chi connectivity index (χ1) is 7.19. The molecule has 2 aromatic heterocycles. The predicted octanol–water partition coefficient (Wildman–Crippen LogP) is 0.758. The average molecular weight is 203 g/mol. The van der Waals surface area contributed by atoms with Gasteiger partial charge in [0.25, 0.3) is 0 Å². The van der Waals surface area contributed by atoms with Gasteiger partial charge in [0.05, 0.1) is 23.1 Å². The molecule has 5 heteroatoms. The molecule has 0 radical (unpaired) electrons. The van der Waals surface area contributed by atoms with E-state index in [1.54, 1.807) is 6.20 Å². The highest BCUT2D eigenvalue weighted by molar-refractivity contribution is 5.53. The molecular formula is C10H13N5. The molecule has 2 heterocycles. The van der Waals surface area contributed by atoms with E-state index in [1.807, 2.05) is 24.0 Å². The van der Waals surface area contributed by atoms with Gasteiger partial charge in [-0.05, 0) is 18.9 Å². The van der Waals surface area contributed by atoms with Gasteiger partial charge in [0.2, 0.25) is 0 Å². The van der Waals surface area contributed by atoms with Crippen LogP contribution in [-0.2, 0) is 12.6 Å². The highest BCUT2D eigenvalue weighted by Crippen LogP contribution is 2.41. The third-order valence-corrected chi connectivity index (χ3v) is 2.93. The summed E-state index contributed by atoms with van der Waals surface area (Å²) in [5.41, 5.74) is 7.86. The number of H-pyrrole nitrogens is 1. The fourth-order valence-corrected chi connectivity index (χ4v) is 1.71. The lowest BCUT2D eigenvalue weighted by Gasteiger charge is -2.03. The molecule has 2 aromatic rings. The van der Waals surface area contributed by atoms with Gasteiger partial charge in [0.15, 0.2) is 0 Å². The summed E-state index contributed by atoms with van der Waals surface area (Å²) in [5, 5.41) is 4.12. The number of nitrogens with two attached hydrogens (primary N) is 1. The first-order valence-corrected chi connectivity index (χ1v) is 5.02. The Balaban J connectivity index is 2.01. The van der Waals surface area contributed by atoms with Crippen LogP contribution in [0.25, 0.3) is 11.4 Å². The second-order valence-electron chi connectivity index (χ2n) is 4.14. The number of aryl methyl sites for hydroxylation is 1. The number of hydrogen-bond donors (Lipinski definition) is 2. The van der Waals surface area contributed by atoms with E-state index in [9.17, 15) is 0 Å². The van der Waals surface area contributed by atoms with E-state index in [4.69, 9.17) is 5.73 Å². The van der Waals surface area contributed by atoms with Crippen molar-refractivity contribution in [1.82, 2.24) is 19.7 Å². The molecule has 15 heavy (non-hydrogen) atoms. The topological polar surface area (TPSA) is 72.5 Å². The summed E-state index contributed by atoms with van der Waals surface area (Å²) in [6, 6.07) is 1.95. The molecule has 5 nitrogen and oxygen atoms in total. The highest BCUT2D eigenvalue weighted by Gasteiger charge is 2.42. The van der Waals surface area contributed by atoms with Crippen molar-refractivity contribution in [3.63, 3.8) is 0 Å². The maximum Gasteiger partial charge on any atom is 0.126 e. The van der Waals surface area contributed by atoms with Crippen LogP contribution in [0.4, 0.5) is 0 Å². The molecule has 0 bridgehead atoms. The smallest absolute Gasteiger partial charge is 0.126 e. The number of rotatable bonds is 2. The number of aromatic nitrogens is 4. The van der Waals surface area contributed by atoms with E-state index >= 15 is 0 Å². The molecule has 3 N–H and O–H groups in total. The minimum absolute atomic E-state index is 0.198. The van der Waals surface area contributed by atoms with Crippen LogP contribution in [-0.4, -0.2) is 19.7 Å². The predicted molar refractivity (Wildman–Crippen MR) is 55.9 cm³/mol. The molecule has 1 fully saturated rings. The van der Waals surface area contributed by atoms with Crippen LogP contribution >= 0.6 is 0 Å². The van der Waals surface area contributed by atoms with Gasteiger partial charge in [-0.2, -0.15) is 5.10 Å². The van der Waals surface area contributed by atoms with Crippen LogP contribution < -0.4 is 5.73 Å². The molecule has 1 aliphatic rings. The number of nitrogens with zero attached hydrogens (tertiary/aromatic N) is 3. The molecule has 0 aromatic carbocycles. The summed E-state index contributed by atoms with van der Waals surface area (Å²) in [7, 11) is 1.91.